The number of carbonyl (C=O) groups is 1. The molecule has 72 valence electrons. The molecule has 1 N–H and O–H groups in total. The fourth-order valence-electron chi connectivity index (χ4n) is 1.04. The van der Waals surface area contributed by atoms with Crippen molar-refractivity contribution in [3.05, 3.63) is 29.3 Å². The molecule has 1 aromatic carbocycles. The summed E-state index contributed by atoms with van der Waals surface area (Å²) in [6.07, 6.45) is 5.69. The van der Waals surface area contributed by atoms with E-state index in [1.54, 1.807) is 18.2 Å². The third kappa shape index (κ3) is 2.35. The van der Waals surface area contributed by atoms with Gasteiger partial charge in [-0.2, -0.15) is 0 Å². The minimum atomic E-state index is -0.101. The van der Waals surface area contributed by atoms with Crippen molar-refractivity contribution in [2.75, 3.05) is 6.61 Å². The first-order valence-electron chi connectivity index (χ1n) is 4.07. The lowest BCUT2D eigenvalue weighted by molar-refractivity contribution is 0.112. The summed E-state index contributed by atoms with van der Waals surface area (Å²) < 4.78 is 5.13. The van der Waals surface area contributed by atoms with Crippen LogP contribution in [0.5, 0.6) is 5.75 Å². The average molecular weight is 190 g/mol. The maximum absolute atomic E-state index is 10.6. The zero-order chi connectivity index (χ0) is 10.4. The van der Waals surface area contributed by atoms with Crippen LogP contribution < -0.4 is 4.74 Å². The Morgan fingerprint density at radius 2 is 2.36 bits per heavy atom. The predicted octanol–water partition coefficient (Wildman–Crippen LogP) is 1.00. The van der Waals surface area contributed by atoms with Crippen molar-refractivity contribution in [2.24, 2.45) is 0 Å². The average Bonchev–Trinajstić information content (AvgIpc) is 2.26. The first-order chi connectivity index (χ1) is 6.81. The molecule has 0 fully saturated rings. The SMILES string of the molecule is C#CCOc1ccc(CO)cc1C=O. The minimum Gasteiger partial charge on any atom is -0.480 e. The van der Waals surface area contributed by atoms with Gasteiger partial charge in [-0.15, -0.1) is 6.42 Å². The lowest BCUT2D eigenvalue weighted by atomic mass is 10.1. The molecule has 0 spiro atoms. The molecule has 0 radical (unpaired) electrons. The fourth-order valence-corrected chi connectivity index (χ4v) is 1.04. The van der Waals surface area contributed by atoms with Gasteiger partial charge in [0.05, 0.1) is 12.2 Å². The summed E-state index contributed by atoms with van der Waals surface area (Å²) in [5, 5.41) is 8.84. The molecular weight excluding hydrogens is 180 g/mol. The molecule has 0 aliphatic heterocycles. The van der Waals surface area contributed by atoms with E-state index < -0.39 is 0 Å². The second-order valence-electron chi connectivity index (χ2n) is 2.64. The van der Waals surface area contributed by atoms with E-state index in [1.165, 1.54) is 0 Å². The Morgan fingerprint density at radius 3 is 2.93 bits per heavy atom. The Morgan fingerprint density at radius 1 is 1.57 bits per heavy atom. The summed E-state index contributed by atoms with van der Waals surface area (Å²) in [5.74, 6) is 2.75. The smallest absolute Gasteiger partial charge is 0.153 e. The quantitative estimate of drug-likeness (QED) is 0.569. The Kier molecular flexibility index (Phi) is 3.71. The topological polar surface area (TPSA) is 46.5 Å². The molecule has 0 amide bonds. The van der Waals surface area contributed by atoms with Gasteiger partial charge in [0.2, 0.25) is 0 Å². The summed E-state index contributed by atoms with van der Waals surface area (Å²) in [4.78, 5) is 10.6. The van der Waals surface area contributed by atoms with Gasteiger partial charge >= 0.3 is 0 Å². The summed E-state index contributed by atoms with van der Waals surface area (Å²) in [5.41, 5.74) is 1.06. The zero-order valence-corrected chi connectivity index (χ0v) is 7.56. The van der Waals surface area contributed by atoms with Gasteiger partial charge in [0.1, 0.15) is 12.4 Å². The van der Waals surface area contributed by atoms with E-state index in [-0.39, 0.29) is 13.2 Å². The highest BCUT2D eigenvalue weighted by atomic mass is 16.5. The summed E-state index contributed by atoms with van der Waals surface area (Å²) in [6, 6.07) is 4.87. The number of hydrogen-bond donors (Lipinski definition) is 1. The van der Waals surface area contributed by atoms with Gasteiger partial charge in [-0.1, -0.05) is 12.0 Å². The Labute approximate surface area is 82.3 Å². The molecule has 0 saturated carbocycles. The molecule has 0 aliphatic carbocycles. The van der Waals surface area contributed by atoms with Crippen molar-refractivity contribution in [1.29, 1.82) is 0 Å². The van der Waals surface area contributed by atoms with Crippen LogP contribution in [0.3, 0.4) is 0 Å². The Balaban J connectivity index is 2.94. The van der Waals surface area contributed by atoms with Crippen LogP contribution in [0.1, 0.15) is 15.9 Å². The summed E-state index contributed by atoms with van der Waals surface area (Å²) >= 11 is 0. The molecular formula is C11H10O3. The minimum absolute atomic E-state index is 0.101. The van der Waals surface area contributed by atoms with Crippen LogP contribution in [0.25, 0.3) is 0 Å². The molecule has 3 heteroatoms. The third-order valence-electron chi connectivity index (χ3n) is 1.69. The zero-order valence-electron chi connectivity index (χ0n) is 7.56. The lowest BCUT2D eigenvalue weighted by Crippen LogP contribution is -1.98. The molecule has 3 nitrogen and oxygen atoms in total. The molecule has 0 bridgehead atoms. The van der Waals surface area contributed by atoms with Gasteiger partial charge < -0.3 is 9.84 Å². The first kappa shape index (κ1) is 10.3. The van der Waals surface area contributed by atoms with Gasteiger partial charge in [-0.25, -0.2) is 0 Å². The van der Waals surface area contributed by atoms with E-state index in [1.807, 2.05) is 0 Å². The van der Waals surface area contributed by atoms with Gasteiger partial charge in [-0.05, 0) is 17.7 Å². The van der Waals surface area contributed by atoms with Crippen LogP contribution in [-0.2, 0) is 6.61 Å². The largest absolute Gasteiger partial charge is 0.480 e. The first-order valence-corrected chi connectivity index (χ1v) is 4.07. The van der Waals surface area contributed by atoms with Crippen molar-refractivity contribution in [2.45, 2.75) is 6.61 Å². The number of hydrogen-bond acceptors (Lipinski definition) is 3. The summed E-state index contributed by atoms with van der Waals surface area (Å²) in [6.45, 7) is 0.0234. The van der Waals surface area contributed by atoms with Gasteiger partial charge in [-0.3, -0.25) is 4.79 Å². The number of aliphatic hydroxyl groups is 1. The molecule has 1 rings (SSSR count). The standard InChI is InChI=1S/C11H10O3/c1-2-5-14-11-4-3-9(7-12)6-10(11)8-13/h1,3-4,6,8,12H,5,7H2. The Bertz CT molecular complexity index is 363. The molecule has 0 unspecified atom stereocenters. The lowest BCUT2D eigenvalue weighted by Gasteiger charge is -2.06. The molecule has 0 atom stereocenters. The highest BCUT2D eigenvalue weighted by molar-refractivity contribution is 5.79. The van der Waals surface area contributed by atoms with E-state index >= 15 is 0 Å². The fraction of sp³-hybridized carbons (Fsp3) is 0.182. The molecule has 1 aromatic rings. The van der Waals surface area contributed by atoms with Crippen LogP contribution in [-0.4, -0.2) is 18.0 Å². The number of benzene rings is 1. The number of aliphatic hydroxyl groups excluding tert-OH is 1. The second-order valence-corrected chi connectivity index (χ2v) is 2.64. The monoisotopic (exact) mass is 190 g/mol. The van der Waals surface area contributed by atoms with Gasteiger partial charge in [0, 0.05) is 0 Å². The Hall–Kier alpha value is -1.79. The highest BCUT2D eigenvalue weighted by Crippen LogP contribution is 2.18. The van der Waals surface area contributed by atoms with E-state index in [2.05, 4.69) is 5.92 Å². The van der Waals surface area contributed by atoms with Crippen LogP contribution in [0, 0.1) is 12.3 Å². The van der Waals surface area contributed by atoms with Crippen LogP contribution in [0.2, 0.25) is 0 Å². The van der Waals surface area contributed by atoms with Crippen LogP contribution in [0.4, 0.5) is 0 Å². The van der Waals surface area contributed by atoms with Crippen molar-refractivity contribution in [3.63, 3.8) is 0 Å². The van der Waals surface area contributed by atoms with Crippen molar-refractivity contribution in [3.8, 4) is 18.1 Å². The molecule has 0 heterocycles. The van der Waals surface area contributed by atoms with E-state index in [9.17, 15) is 4.79 Å². The highest BCUT2D eigenvalue weighted by Gasteiger charge is 2.03. The van der Waals surface area contributed by atoms with E-state index in [4.69, 9.17) is 16.3 Å². The number of carbonyl (C=O) groups excluding carboxylic acids is 1. The van der Waals surface area contributed by atoms with Gasteiger partial charge in [0.15, 0.2) is 6.29 Å². The molecule has 14 heavy (non-hydrogen) atoms. The normalized spacial score (nSPS) is 9.14. The maximum atomic E-state index is 10.6. The van der Waals surface area contributed by atoms with Crippen LogP contribution in [0.15, 0.2) is 18.2 Å². The second kappa shape index (κ2) is 5.05. The third-order valence-corrected chi connectivity index (χ3v) is 1.69. The van der Waals surface area contributed by atoms with E-state index in [0.29, 0.717) is 23.2 Å². The number of ether oxygens (including phenoxy) is 1. The maximum Gasteiger partial charge on any atom is 0.153 e. The number of aldehydes is 1. The molecule has 0 aliphatic rings. The number of terminal acetylenes is 1. The van der Waals surface area contributed by atoms with Crippen molar-refractivity contribution < 1.29 is 14.6 Å². The van der Waals surface area contributed by atoms with Crippen molar-refractivity contribution in [1.82, 2.24) is 0 Å². The molecule has 0 saturated heterocycles. The predicted molar refractivity (Wildman–Crippen MR) is 52.1 cm³/mol. The van der Waals surface area contributed by atoms with Crippen LogP contribution >= 0.6 is 0 Å². The van der Waals surface area contributed by atoms with E-state index in [0.717, 1.165) is 0 Å². The summed E-state index contributed by atoms with van der Waals surface area (Å²) in [7, 11) is 0. The van der Waals surface area contributed by atoms with Crippen molar-refractivity contribution >= 4 is 6.29 Å². The van der Waals surface area contributed by atoms with Gasteiger partial charge in [0.25, 0.3) is 0 Å². The molecule has 0 aromatic heterocycles. The number of rotatable bonds is 4.